The van der Waals surface area contributed by atoms with E-state index in [4.69, 9.17) is 21.1 Å². The van der Waals surface area contributed by atoms with Crippen LogP contribution in [0.25, 0.3) is 0 Å². The van der Waals surface area contributed by atoms with Crippen LogP contribution in [0.1, 0.15) is 132 Å². The number of halogens is 1. The number of amides is 1. The molecule has 0 bridgehead atoms. The van der Waals surface area contributed by atoms with Gasteiger partial charge in [-0.15, -0.1) is 0 Å². The first kappa shape index (κ1) is 38.5. The molecule has 3 saturated heterocycles. The molecule has 5 aliphatic carbocycles. The van der Waals surface area contributed by atoms with Gasteiger partial charge in [-0.2, -0.15) is 0 Å². The topological polar surface area (TPSA) is 139 Å². The molecule has 1 aromatic rings. The highest BCUT2D eigenvalue weighted by Gasteiger charge is 2.90. The molecule has 1 amide bonds. The van der Waals surface area contributed by atoms with Gasteiger partial charge in [-0.05, 0) is 116 Å². The van der Waals surface area contributed by atoms with Gasteiger partial charge in [0.1, 0.15) is 17.2 Å². The molecule has 304 valence electrons. The Morgan fingerprint density at radius 3 is 2.27 bits per heavy atom. The maximum absolute atomic E-state index is 14.3. The van der Waals surface area contributed by atoms with Gasteiger partial charge in [0.15, 0.2) is 11.6 Å². The molecule has 0 aromatic carbocycles. The van der Waals surface area contributed by atoms with Gasteiger partial charge >= 0.3 is 18.0 Å². The van der Waals surface area contributed by atoms with E-state index in [9.17, 15) is 24.3 Å². The smallest absolute Gasteiger partial charge is 0.412 e. The Bertz CT molecular complexity index is 1980. The Morgan fingerprint density at radius 2 is 1.64 bits per heavy atom. The SMILES string of the molecule is CC(C)C1=C2[C@H]3CC[C@@H]4[C@@]5(C)CC[C@H](OC(=O)CC(C)(C)C(=O)O)C(C)(C)[C@@H]5CC[C@@]4(C)[C@]3(C)CN3[C@@]4(CN(C5(c6ncc(Cl)cn6)CC5)C(=O)O4)[C@]23CC1=O. The predicted molar refractivity (Wildman–Crippen MR) is 207 cm³/mol. The van der Waals surface area contributed by atoms with Crippen LogP contribution < -0.4 is 0 Å². The zero-order chi connectivity index (χ0) is 40.4. The molecule has 11 nitrogen and oxygen atoms in total. The van der Waals surface area contributed by atoms with Gasteiger partial charge in [0, 0.05) is 30.8 Å². The monoisotopic (exact) mass is 790 g/mol. The first-order valence-electron chi connectivity index (χ1n) is 21.0. The molecule has 56 heavy (non-hydrogen) atoms. The number of carbonyl (C=O) groups excluding carboxylic acids is 3. The molecule has 1 unspecified atom stereocenters. The second-order valence-corrected chi connectivity index (χ2v) is 21.8. The summed E-state index contributed by atoms with van der Waals surface area (Å²) in [6, 6.07) is 0. The zero-order valence-electron chi connectivity index (χ0n) is 34.6. The average molecular weight is 791 g/mol. The standard InChI is InChI=1S/C44H59ClN4O7/c1-24(2)32-27(50)18-43-33(32)26-10-11-29-39(7)14-13-30(55-31(51)19-37(3,4)35(52)53)38(5,6)28(39)12-15-40(29,8)41(26,9)22-49(43)44(43)23-48(36(54)56-44)42(16-17-42)34-46-20-25(45)21-47-34/h20-21,24,26,28-30H,10-19,22-23H2,1-9H3,(H,52,53)/t26-,28+,29-,30+,39+,40-,41-,43+,44-,49?/m1/s1. The maximum atomic E-state index is 14.3. The first-order valence-corrected chi connectivity index (χ1v) is 21.4. The summed E-state index contributed by atoms with van der Waals surface area (Å²) in [4.78, 5) is 66.9. The minimum Gasteiger partial charge on any atom is -0.481 e. The number of aliphatic carboxylic acids is 1. The number of Topliss-reactive ketones (excluding diaryl/α,β-unsaturated/α-hetero) is 1. The number of ketones is 1. The summed E-state index contributed by atoms with van der Waals surface area (Å²) in [5.74, 6) is 0.305. The van der Waals surface area contributed by atoms with Gasteiger partial charge in [0.05, 0.1) is 23.4 Å². The van der Waals surface area contributed by atoms with E-state index in [1.54, 1.807) is 26.2 Å². The van der Waals surface area contributed by atoms with Crippen molar-refractivity contribution in [3.63, 3.8) is 0 Å². The van der Waals surface area contributed by atoms with Crippen molar-refractivity contribution in [2.75, 3.05) is 13.1 Å². The van der Waals surface area contributed by atoms with Crippen molar-refractivity contribution < 1.29 is 33.8 Å². The van der Waals surface area contributed by atoms with Crippen LogP contribution in [0.15, 0.2) is 23.5 Å². The molecule has 9 rings (SSSR count). The summed E-state index contributed by atoms with van der Waals surface area (Å²) in [6.45, 7) is 20.6. The van der Waals surface area contributed by atoms with E-state index in [2.05, 4.69) is 63.3 Å². The Balaban J connectivity index is 1.05. The van der Waals surface area contributed by atoms with Crippen LogP contribution in [0.3, 0.4) is 0 Å². The van der Waals surface area contributed by atoms with Crippen molar-refractivity contribution >= 4 is 35.4 Å². The van der Waals surface area contributed by atoms with Gasteiger partial charge < -0.3 is 14.6 Å². The first-order chi connectivity index (χ1) is 26.1. The summed E-state index contributed by atoms with van der Waals surface area (Å²) in [7, 11) is 0. The number of aromatic nitrogens is 2. The quantitative estimate of drug-likeness (QED) is 0.214. The third kappa shape index (κ3) is 4.62. The normalized spacial score (nSPS) is 42.7. The second kappa shape index (κ2) is 11.6. The Hall–Kier alpha value is -3.05. The van der Waals surface area contributed by atoms with Crippen LogP contribution >= 0.6 is 11.6 Å². The molecule has 4 saturated carbocycles. The van der Waals surface area contributed by atoms with E-state index in [1.165, 1.54) is 5.57 Å². The predicted octanol–water partition coefficient (Wildman–Crippen LogP) is 7.95. The number of hydrogen-bond donors (Lipinski definition) is 1. The lowest BCUT2D eigenvalue weighted by molar-refractivity contribution is -0.231. The van der Waals surface area contributed by atoms with Crippen LogP contribution in [0, 0.1) is 50.7 Å². The molecule has 0 radical (unpaired) electrons. The van der Waals surface area contributed by atoms with E-state index in [-0.39, 0.29) is 57.9 Å². The lowest BCUT2D eigenvalue weighted by Gasteiger charge is -2.71. The molecule has 8 aliphatic rings. The van der Waals surface area contributed by atoms with E-state index in [1.807, 2.05) is 4.90 Å². The lowest BCUT2D eigenvalue weighted by atomic mass is 9.34. The number of ether oxygens (including phenoxy) is 2. The number of fused-ring (bicyclic) bond motifs is 7. The number of rotatable bonds is 7. The molecular weight excluding hydrogens is 732 g/mol. The van der Waals surface area contributed by atoms with Crippen LogP contribution in [0.5, 0.6) is 0 Å². The van der Waals surface area contributed by atoms with Crippen LogP contribution in [-0.2, 0) is 29.4 Å². The number of carbonyl (C=O) groups is 4. The maximum Gasteiger partial charge on any atom is 0.412 e. The third-order valence-electron chi connectivity index (χ3n) is 17.7. The number of allylic oxidation sites excluding steroid dienone is 1. The summed E-state index contributed by atoms with van der Waals surface area (Å²) in [5, 5.41) is 10.1. The molecule has 1 N–H and O–H groups in total. The molecule has 10 atom stereocenters. The van der Waals surface area contributed by atoms with Crippen molar-refractivity contribution in [1.82, 2.24) is 19.8 Å². The number of nitrogens with zero attached hydrogens (tertiary/aromatic N) is 4. The molecule has 1 aromatic heterocycles. The van der Waals surface area contributed by atoms with Gasteiger partial charge in [-0.3, -0.25) is 19.3 Å². The Kier molecular flexibility index (Phi) is 7.95. The zero-order valence-corrected chi connectivity index (χ0v) is 35.3. The highest BCUT2D eigenvalue weighted by molar-refractivity contribution is 6.30. The van der Waals surface area contributed by atoms with Gasteiger partial charge in [0.25, 0.3) is 0 Å². The number of piperidine rings is 1. The Labute approximate surface area is 335 Å². The largest absolute Gasteiger partial charge is 0.481 e. The fourth-order valence-electron chi connectivity index (χ4n) is 14.6. The minimum absolute atomic E-state index is 0.00680. The summed E-state index contributed by atoms with van der Waals surface area (Å²) < 4.78 is 12.9. The van der Waals surface area contributed by atoms with Gasteiger partial charge in [-0.1, -0.05) is 60.1 Å². The fourth-order valence-corrected chi connectivity index (χ4v) is 14.7. The molecule has 3 aliphatic heterocycles. The van der Waals surface area contributed by atoms with Gasteiger partial charge in [0.2, 0.25) is 5.72 Å². The van der Waals surface area contributed by atoms with Crippen molar-refractivity contribution in [1.29, 1.82) is 0 Å². The van der Waals surface area contributed by atoms with E-state index in [0.717, 1.165) is 63.5 Å². The summed E-state index contributed by atoms with van der Waals surface area (Å²) in [5.41, 5.74) is -1.71. The van der Waals surface area contributed by atoms with E-state index >= 15 is 0 Å². The van der Waals surface area contributed by atoms with Crippen molar-refractivity contribution in [2.45, 2.75) is 149 Å². The Morgan fingerprint density at radius 1 is 0.964 bits per heavy atom. The highest BCUT2D eigenvalue weighted by atomic mass is 35.5. The summed E-state index contributed by atoms with van der Waals surface area (Å²) >= 11 is 6.16. The number of carboxylic acids is 1. The van der Waals surface area contributed by atoms with E-state index < -0.39 is 34.2 Å². The fraction of sp³-hybridized carbons (Fsp3) is 0.773. The van der Waals surface area contributed by atoms with Crippen molar-refractivity contribution in [3.05, 3.63) is 34.4 Å². The minimum atomic E-state index is -1.19. The van der Waals surface area contributed by atoms with Crippen molar-refractivity contribution in [3.8, 4) is 0 Å². The summed E-state index contributed by atoms with van der Waals surface area (Å²) in [6.07, 6.45) is 9.95. The second-order valence-electron chi connectivity index (χ2n) is 21.3. The molecule has 2 spiro atoms. The average Bonchev–Trinajstić information content (AvgIpc) is 3.90. The highest BCUT2D eigenvalue weighted by Crippen LogP contribution is 2.80. The molecular formula is C44H59ClN4O7. The molecule has 7 fully saturated rings. The van der Waals surface area contributed by atoms with Crippen molar-refractivity contribution in [2.24, 2.45) is 50.7 Å². The van der Waals surface area contributed by atoms with Crippen LogP contribution in [0.2, 0.25) is 5.02 Å². The van der Waals surface area contributed by atoms with Crippen LogP contribution in [-0.4, -0.2) is 79.1 Å². The number of carboxylic acid groups (broad SMARTS) is 1. The third-order valence-corrected chi connectivity index (χ3v) is 17.9. The number of hydrogen-bond acceptors (Lipinski definition) is 9. The lowest BCUT2D eigenvalue weighted by Crippen LogP contribution is -2.67. The van der Waals surface area contributed by atoms with E-state index in [0.29, 0.717) is 35.6 Å². The number of esters is 1. The van der Waals surface area contributed by atoms with Crippen LogP contribution in [0.4, 0.5) is 4.79 Å². The van der Waals surface area contributed by atoms with Gasteiger partial charge in [-0.25, -0.2) is 19.7 Å². The molecule has 4 heterocycles. The molecule has 12 heteroatoms.